The van der Waals surface area contributed by atoms with Gasteiger partial charge in [0.05, 0.1) is 6.61 Å². The molecule has 0 amide bonds. The first kappa shape index (κ1) is 13.0. The van der Waals surface area contributed by atoms with Crippen molar-refractivity contribution in [3.05, 3.63) is 54.1 Å². The lowest BCUT2D eigenvalue weighted by Gasteiger charge is -2.09. The van der Waals surface area contributed by atoms with Crippen LogP contribution in [0.25, 0.3) is 11.1 Å². The molecule has 0 radical (unpaired) electrons. The van der Waals surface area contributed by atoms with Crippen molar-refractivity contribution >= 4 is 11.6 Å². The van der Waals surface area contributed by atoms with Crippen LogP contribution in [0.3, 0.4) is 0 Å². The summed E-state index contributed by atoms with van der Waals surface area (Å²) in [4.78, 5) is 0. The largest absolute Gasteiger partial charge is 0.494 e. The molecule has 0 fully saturated rings. The number of hydrogen-bond acceptors (Lipinski definition) is 1. The molecule has 2 aromatic carbocycles. The van der Waals surface area contributed by atoms with E-state index in [0.717, 1.165) is 12.2 Å². The first-order chi connectivity index (χ1) is 8.79. The normalized spacial score (nSPS) is 10.3. The molecule has 2 heteroatoms. The van der Waals surface area contributed by atoms with Crippen LogP contribution in [0.15, 0.2) is 48.5 Å². The van der Waals surface area contributed by atoms with Crippen molar-refractivity contribution in [2.24, 2.45) is 0 Å². The molecule has 0 aliphatic heterocycles. The monoisotopic (exact) mass is 260 g/mol. The zero-order valence-corrected chi connectivity index (χ0v) is 11.3. The van der Waals surface area contributed by atoms with Gasteiger partial charge >= 0.3 is 0 Å². The van der Waals surface area contributed by atoms with Crippen LogP contribution in [0.5, 0.6) is 5.75 Å². The Kier molecular flexibility index (Phi) is 4.66. The summed E-state index contributed by atoms with van der Waals surface area (Å²) >= 11 is 5.65. The van der Waals surface area contributed by atoms with Crippen LogP contribution >= 0.6 is 11.6 Å². The van der Waals surface area contributed by atoms with Gasteiger partial charge < -0.3 is 4.74 Å². The molecule has 0 saturated heterocycles. The summed E-state index contributed by atoms with van der Waals surface area (Å²) in [6, 6.07) is 16.6. The maximum atomic E-state index is 5.70. The van der Waals surface area contributed by atoms with Crippen molar-refractivity contribution in [3.63, 3.8) is 0 Å². The van der Waals surface area contributed by atoms with Gasteiger partial charge in [-0.15, -0.1) is 11.6 Å². The van der Waals surface area contributed by atoms with E-state index >= 15 is 0 Å². The third-order valence-corrected chi connectivity index (χ3v) is 2.97. The van der Waals surface area contributed by atoms with E-state index in [2.05, 4.69) is 37.3 Å². The number of benzene rings is 2. The van der Waals surface area contributed by atoms with E-state index in [1.807, 2.05) is 18.2 Å². The van der Waals surface area contributed by atoms with Gasteiger partial charge in [0.15, 0.2) is 0 Å². The maximum absolute atomic E-state index is 5.70. The Morgan fingerprint density at radius 3 is 2.50 bits per heavy atom. The summed E-state index contributed by atoms with van der Waals surface area (Å²) in [5.41, 5.74) is 3.61. The Morgan fingerprint density at radius 2 is 1.78 bits per heavy atom. The predicted molar refractivity (Wildman–Crippen MR) is 77.4 cm³/mol. The van der Waals surface area contributed by atoms with Crippen molar-refractivity contribution in [1.29, 1.82) is 0 Å². The van der Waals surface area contributed by atoms with Gasteiger partial charge in [-0.25, -0.2) is 0 Å². The Bertz CT molecular complexity index is 494. The average Bonchev–Trinajstić information content (AvgIpc) is 2.39. The standard InChI is InChI=1S/C16H17ClO/c1-13-10-15(14-6-3-2-4-7-14)12-16(11-13)18-9-5-8-17/h2-4,6-7,10-12H,5,8-9H2,1H3. The molecule has 0 atom stereocenters. The van der Waals surface area contributed by atoms with Crippen molar-refractivity contribution in [1.82, 2.24) is 0 Å². The molecule has 0 aromatic heterocycles. The molecule has 1 nitrogen and oxygen atoms in total. The maximum Gasteiger partial charge on any atom is 0.120 e. The molecule has 0 heterocycles. The summed E-state index contributed by atoms with van der Waals surface area (Å²) in [6.45, 7) is 2.75. The Hall–Kier alpha value is -1.47. The number of ether oxygens (including phenoxy) is 1. The minimum Gasteiger partial charge on any atom is -0.494 e. The van der Waals surface area contributed by atoms with Crippen LogP contribution in [0.1, 0.15) is 12.0 Å². The molecule has 0 aliphatic carbocycles. The van der Waals surface area contributed by atoms with Gasteiger partial charge in [0.25, 0.3) is 0 Å². The van der Waals surface area contributed by atoms with Crippen LogP contribution in [0.4, 0.5) is 0 Å². The summed E-state index contributed by atoms with van der Waals surface area (Å²) in [7, 11) is 0. The van der Waals surface area contributed by atoms with Crippen LogP contribution < -0.4 is 4.74 Å². The third-order valence-electron chi connectivity index (χ3n) is 2.70. The number of rotatable bonds is 5. The van der Waals surface area contributed by atoms with Crippen molar-refractivity contribution in [3.8, 4) is 16.9 Å². The van der Waals surface area contributed by atoms with Crippen molar-refractivity contribution < 1.29 is 4.74 Å². The van der Waals surface area contributed by atoms with E-state index < -0.39 is 0 Å². The Labute approximate surface area is 113 Å². The Balaban J connectivity index is 2.21. The zero-order chi connectivity index (χ0) is 12.8. The van der Waals surface area contributed by atoms with Crippen LogP contribution in [0, 0.1) is 6.92 Å². The summed E-state index contributed by atoms with van der Waals surface area (Å²) in [5, 5.41) is 0. The number of alkyl halides is 1. The van der Waals surface area contributed by atoms with Crippen molar-refractivity contribution in [2.75, 3.05) is 12.5 Å². The predicted octanol–water partition coefficient (Wildman–Crippen LogP) is 4.67. The van der Waals surface area contributed by atoms with Crippen molar-refractivity contribution in [2.45, 2.75) is 13.3 Å². The first-order valence-corrected chi connectivity index (χ1v) is 6.69. The second kappa shape index (κ2) is 6.46. The average molecular weight is 261 g/mol. The molecule has 94 valence electrons. The molecular weight excluding hydrogens is 244 g/mol. The van der Waals surface area contributed by atoms with E-state index in [-0.39, 0.29) is 0 Å². The van der Waals surface area contributed by atoms with E-state index in [4.69, 9.17) is 16.3 Å². The first-order valence-electron chi connectivity index (χ1n) is 6.15. The van der Waals surface area contributed by atoms with Gasteiger partial charge in [-0.1, -0.05) is 36.4 Å². The van der Waals surface area contributed by atoms with Crippen LogP contribution in [0.2, 0.25) is 0 Å². The molecule has 0 spiro atoms. The number of hydrogen-bond donors (Lipinski definition) is 0. The van der Waals surface area contributed by atoms with Crippen LogP contribution in [-0.2, 0) is 0 Å². The highest BCUT2D eigenvalue weighted by Crippen LogP contribution is 2.25. The minimum atomic E-state index is 0.636. The SMILES string of the molecule is Cc1cc(OCCCCl)cc(-c2ccccc2)c1. The fourth-order valence-electron chi connectivity index (χ4n) is 1.87. The number of aryl methyl sites for hydroxylation is 1. The molecule has 0 N–H and O–H groups in total. The number of halogens is 1. The van der Waals surface area contributed by atoms with Crippen LogP contribution in [-0.4, -0.2) is 12.5 Å². The van der Waals surface area contributed by atoms with Gasteiger partial charge in [-0.3, -0.25) is 0 Å². The molecule has 18 heavy (non-hydrogen) atoms. The highest BCUT2D eigenvalue weighted by atomic mass is 35.5. The second-order valence-electron chi connectivity index (χ2n) is 4.29. The van der Waals surface area contributed by atoms with E-state index in [9.17, 15) is 0 Å². The van der Waals surface area contributed by atoms with E-state index in [1.165, 1.54) is 16.7 Å². The van der Waals surface area contributed by atoms with E-state index in [0.29, 0.717) is 12.5 Å². The Morgan fingerprint density at radius 1 is 1.00 bits per heavy atom. The molecule has 0 unspecified atom stereocenters. The highest BCUT2D eigenvalue weighted by molar-refractivity contribution is 6.17. The van der Waals surface area contributed by atoms with Gasteiger partial charge in [0.2, 0.25) is 0 Å². The molecule has 2 aromatic rings. The molecule has 2 rings (SSSR count). The summed E-state index contributed by atoms with van der Waals surface area (Å²) < 4.78 is 5.70. The molecule has 0 bridgehead atoms. The lowest BCUT2D eigenvalue weighted by molar-refractivity contribution is 0.318. The fraction of sp³-hybridized carbons (Fsp3) is 0.250. The topological polar surface area (TPSA) is 9.23 Å². The summed E-state index contributed by atoms with van der Waals surface area (Å²) in [6.07, 6.45) is 0.871. The molecular formula is C16H17ClO. The second-order valence-corrected chi connectivity index (χ2v) is 4.67. The molecule has 0 saturated carbocycles. The highest BCUT2D eigenvalue weighted by Gasteiger charge is 2.02. The van der Waals surface area contributed by atoms with Gasteiger partial charge in [-0.05, 0) is 42.2 Å². The fourth-order valence-corrected chi connectivity index (χ4v) is 1.98. The third kappa shape index (κ3) is 3.51. The lowest BCUT2D eigenvalue weighted by Crippen LogP contribution is -1.98. The summed E-state index contributed by atoms with van der Waals surface area (Å²) in [5.74, 6) is 1.55. The zero-order valence-electron chi connectivity index (χ0n) is 10.5. The smallest absolute Gasteiger partial charge is 0.120 e. The quantitative estimate of drug-likeness (QED) is 0.561. The van der Waals surface area contributed by atoms with Gasteiger partial charge in [-0.2, -0.15) is 0 Å². The van der Waals surface area contributed by atoms with Gasteiger partial charge in [0, 0.05) is 5.88 Å². The minimum absolute atomic E-state index is 0.636. The lowest BCUT2D eigenvalue weighted by atomic mass is 10.0. The van der Waals surface area contributed by atoms with E-state index in [1.54, 1.807) is 0 Å². The molecule has 0 aliphatic rings. The van der Waals surface area contributed by atoms with Gasteiger partial charge in [0.1, 0.15) is 5.75 Å².